The maximum absolute atomic E-state index is 11.8. The van der Waals surface area contributed by atoms with E-state index >= 15 is 0 Å². The number of carbonyl (C=O) groups excluding carboxylic acids is 1. The standard InChI is InChI=1S/C11H20N4O/c1-8(12-3)5-6-13-11(16)10-7-9(2)14-15(10)4/h7-8,12H,5-6H2,1-4H3,(H,13,16)/t8-/m0/s1. The molecule has 1 atom stereocenters. The minimum atomic E-state index is -0.0635. The van der Waals surface area contributed by atoms with E-state index in [1.807, 2.05) is 14.0 Å². The first-order chi connectivity index (χ1) is 7.54. The first kappa shape index (κ1) is 12.7. The van der Waals surface area contributed by atoms with Crippen LogP contribution in [0.2, 0.25) is 0 Å². The second-order valence-corrected chi connectivity index (χ2v) is 4.03. The van der Waals surface area contributed by atoms with Crippen molar-refractivity contribution in [1.82, 2.24) is 20.4 Å². The summed E-state index contributed by atoms with van der Waals surface area (Å²) in [6, 6.07) is 2.20. The maximum atomic E-state index is 11.8. The minimum absolute atomic E-state index is 0.0635. The Kier molecular flexibility index (Phi) is 4.49. The Morgan fingerprint density at radius 3 is 2.81 bits per heavy atom. The Hall–Kier alpha value is -1.36. The molecule has 1 heterocycles. The van der Waals surface area contributed by atoms with Crippen LogP contribution in [0.25, 0.3) is 0 Å². The molecular formula is C11H20N4O. The molecule has 0 saturated heterocycles. The van der Waals surface area contributed by atoms with Crippen molar-refractivity contribution in [3.63, 3.8) is 0 Å². The van der Waals surface area contributed by atoms with E-state index < -0.39 is 0 Å². The fraction of sp³-hybridized carbons (Fsp3) is 0.636. The van der Waals surface area contributed by atoms with Crippen LogP contribution in [-0.4, -0.2) is 35.3 Å². The lowest BCUT2D eigenvalue weighted by molar-refractivity contribution is 0.0943. The molecule has 1 aromatic rings. The van der Waals surface area contributed by atoms with E-state index in [2.05, 4.69) is 22.7 Å². The number of nitrogens with zero attached hydrogens (tertiary/aromatic N) is 2. The quantitative estimate of drug-likeness (QED) is 0.763. The lowest BCUT2D eigenvalue weighted by Gasteiger charge is -2.10. The summed E-state index contributed by atoms with van der Waals surface area (Å²) in [7, 11) is 3.69. The highest BCUT2D eigenvalue weighted by Gasteiger charge is 2.11. The van der Waals surface area contributed by atoms with Crippen molar-refractivity contribution < 1.29 is 4.79 Å². The van der Waals surface area contributed by atoms with E-state index in [0.717, 1.165) is 12.1 Å². The summed E-state index contributed by atoms with van der Waals surface area (Å²) in [5.41, 5.74) is 1.46. The molecule has 0 aromatic carbocycles. The van der Waals surface area contributed by atoms with E-state index in [-0.39, 0.29) is 5.91 Å². The van der Waals surface area contributed by atoms with Crippen molar-refractivity contribution in [2.24, 2.45) is 7.05 Å². The lowest BCUT2D eigenvalue weighted by atomic mass is 10.2. The smallest absolute Gasteiger partial charge is 0.269 e. The number of hydrogen-bond donors (Lipinski definition) is 2. The molecule has 0 radical (unpaired) electrons. The first-order valence-corrected chi connectivity index (χ1v) is 5.50. The highest BCUT2D eigenvalue weighted by atomic mass is 16.2. The van der Waals surface area contributed by atoms with E-state index in [9.17, 15) is 4.79 Å². The number of aryl methyl sites for hydroxylation is 2. The monoisotopic (exact) mass is 224 g/mol. The second-order valence-electron chi connectivity index (χ2n) is 4.03. The number of nitrogens with one attached hydrogen (secondary N) is 2. The van der Waals surface area contributed by atoms with Crippen LogP contribution in [0.4, 0.5) is 0 Å². The van der Waals surface area contributed by atoms with Gasteiger partial charge in [0, 0.05) is 19.6 Å². The van der Waals surface area contributed by atoms with Gasteiger partial charge in [-0.2, -0.15) is 5.10 Å². The molecular weight excluding hydrogens is 204 g/mol. The molecule has 1 aromatic heterocycles. The van der Waals surface area contributed by atoms with Gasteiger partial charge in [-0.25, -0.2) is 0 Å². The Bertz CT molecular complexity index is 359. The molecule has 0 bridgehead atoms. The lowest BCUT2D eigenvalue weighted by Crippen LogP contribution is -2.31. The molecule has 2 N–H and O–H groups in total. The van der Waals surface area contributed by atoms with Gasteiger partial charge in [-0.15, -0.1) is 0 Å². The van der Waals surface area contributed by atoms with Crippen LogP contribution >= 0.6 is 0 Å². The molecule has 1 amide bonds. The zero-order valence-corrected chi connectivity index (χ0v) is 10.4. The van der Waals surface area contributed by atoms with Gasteiger partial charge in [0.1, 0.15) is 5.69 Å². The number of carbonyl (C=O) groups is 1. The summed E-state index contributed by atoms with van der Waals surface area (Å²) in [4.78, 5) is 11.8. The van der Waals surface area contributed by atoms with Crippen LogP contribution in [0.5, 0.6) is 0 Å². The maximum Gasteiger partial charge on any atom is 0.269 e. The highest BCUT2D eigenvalue weighted by Crippen LogP contribution is 2.01. The fourth-order valence-electron chi connectivity index (χ4n) is 1.46. The Morgan fingerprint density at radius 1 is 1.62 bits per heavy atom. The Balaban J connectivity index is 2.44. The summed E-state index contributed by atoms with van der Waals surface area (Å²) in [6.45, 7) is 4.63. The molecule has 16 heavy (non-hydrogen) atoms. The average molecular weight is 224 g/mol. The third-order valence-corrected chi connectivity index (χ3v) is 2.59. The molecule has 0 fully saturated rings. The number of aromatic nitrogens is 2. The number of rotatable bonds is 5. The van der Waals surface area contributed by atoms with Crippen molar-refractivity contribution in [3.8, 4) is 0 Å². The Morgan fingerprint density at radius 2 is 2.31 bits per heavy atom. The molecule has 0 saturated carbocycles. The molecule has 1 rings (SSSR count). The highest BCUT2D eigenvalue weighted by molar-refractivity contribution is 5.92. The van der Waals surface area contributed by atoms with E-state index in [4.69, 9.17) is 0 Å². The molecule has 5 nitrogen and oxygen atoms in total. The van der Waals surface area contributed by atoms with Crippen molar-refractivity contribution in [3.05, 3.63) is 17.5 Å². The largest absolute Gasteiger partial charge is 0.351 e. The van der Waals surface area contributed by atoms with Gasteiger partial charge in [-0.05, 0) is 33.4 Å². The van der Waals surface area contributed by atoms with Crippen LogP contribution in [0, 0.1) is 6.92 Å². The zero-order valence-electron chi connectivity index (χ0n) is 10.4. The normalized spacial score (nSPS) is 12.5. The molecule has 0 aliphatic carbocycles. The van der Waals surface area contributed by atoms with Gasteiger partial charge in [0.2, 0.25) is 0 Å². The average Bonchev–Trinajstić information content (AvgIpc) is 2.57. The third-order valence-electron chi connectivity index (χ3n) is 2.59. The topological polar surface area (TPSA) is 58.9 Å². The van der Waals surface area contributed by atoms with Crippen LogP contribution in [0.3, 0.4) is 0 Å². The van der Waals surface area contributed by atoms with Crippen LogP contribution < -0.4 is 10.6 Å². The van der Waals surface area contributed by atoms with E-state index in [1.165, 1.54) is 0 Å². The first-order valence-electron chi connectivity index (χ1n) is 5.50. The summed E-state index contributed by atoms with van der Waals surface area (Å²) in [6.07, 6.45) is 0.916. The predicted octanol–water partition coefficient (Wildman–Crippen LogP) is 0.456. The van der Waals surface area contributed by atoms with Gasteiger partial charge in [0.15, 0.2) is 0 Å². The minimum Gasteiger partial charge on any atom is -0.351 e. The van der Waals surface area contributed by atoms with Gasteiger partial charge in [-0.1, -0.05) is 0 Å². The molecule has 90 valence electrons. The van der Waals surface area contributed by atoms with Gasteiger partial charge in [0.25, 0.3) is 5.91 Å². The predicted molar refractivity (Wildman–Crippen MR) is 63.4 cm³/mol. The van der Waals surface area contributed by atoms with Crippen molar-refractivity contribution in [2.45, 2.75) is 26.3 Å². The third kappa shape index (κ3) is 3.34. The zero-order chi connectivity index (χ0) is 12.1. The van der Waals surface area contributed by atoms with Gasteiger partial charge >= 0.3 is 0 Å². The van der Waals surface area contributed by atoms with Crippen LogP contribution in [0.1, 0.15) is 29.5 Å². The van der Waals surface area contributed by atoms with Gasteiger partial charge in [0.05, 0.1) is 5.69 Å². The molecule has 0 aliphatic rings. The second kappa shape index (κ2) is 5.65. The molecule has 5 heteroatoms. The molecule has 0 spiro atoms. The summed E-state index contributed by atoms with van der Waals surface area (Å²) >= 11 is 0. The molecule has 0 unspecified atom stereocenters. The van der Waals surface area contributed by atoms with E-state index in [1.54, 1.807) is 17.8 Å². The van der Waals surface area contributed by atoms with Gasteiger partial charge < -0.3 is 10.6 Å². The van der Waals surface area contributed by atoms with Crippen LogP contribution in [0.15, 0.2) is 6.07 Å². The van der Waals surface area contributed by atoms with Crippen molar-refractivity contribution in [2.75, 3.05) is 13.6 Å². The van der Waals surface area contributed by atoms with Gasteiger partial charge in [-0.3, -0.25) is 9.48 Å². The number of amides is 1. The summed E-state index contributed by atoms with van der Waals surface area (Å²) in [5.74, 6) is -0.0635. The van der Waals surface area contributed by atoms with Crippen molar-refractivity contribution in [1.29, 1.82) is 0 Å². The van der Waals surface area contributed by atoms with Crippen molar-refractivity contribution >= 4 is 5.91 Å². The summed E-state index contributed by atoms with van der Waals surface area (Å²) in [5, 5.41) is 10.1. The fourth-order valence-corrected chi connectivity index (χ4v) is 1.46. The Labute approximate surface area is 96.2 Å². The SMILES string of the molecule is CN[C@@H](C)CCNC(=O)c1cc(C)nn1C. The molecule has 0 aliphatic heterocycles. The van der Waals surface area contributed by atoms with Crippen LogP contribution in [-0.2, 0) is 7.05 Å². The van der Waals surface area contributed by atoms with E-state index in [0.29, 0.717) is 18.3 Å². The number of hydrogen-bond acceptors (Lipinski definition) is 3. The summed E-state index contributed by atoms with van der Waals surface area (Å²) < 4.78 is 1.60.